The number of amides is 2. The molecular weight excluding hydrogens is 334 g/mol. The third kappa shape index (κ3) is 4.51. The van der Waals surface area contributed by atoms with Crippen molar-refractivity contribution in [1.29, 1.82) is 0 Å². The molecule has 126 valence electrons. The lowest BCUT2D eigenvalue weighted by Gasteiger charge is -2.07. The van der Waals surface area contributed by atoms with Crippen LogP contribution in [0.4, 0.5) is 5.69 Å². The zero-order valence-corrected chi connectivity index (χ0v) is 14.5. The molecule has 0 spiro atoms. The molecule has 0 saturated heterocycles. The molecule has 0 unspecified atom stereocenters. The van der Waals surface area contributed by atoms with E-state index in [9.17, 15) is 9.59 Å². The monoisotopic (exact) mass is 351 g/mol. The summed E-state index contributed by atoms with van der Waals surface area (Å²) in [6.07, 6.45) is 0. The van der Waals surface area contributed by atoms with Gasteiger partial charge in [-0.25, -0.2) is 4.98 Å². The molecule has 6 heteroatoms. The van der Waals surface area contributed by atoms with Crippen LogP contribution in [-0.2, 0) is 4.79 Å². The highest BCUT2D eigenvalue weighted by molar-refractivity contribution is 7.09. The van der Waals surface area contributed by atoms with Gasteiger partial charge in [0.25, 0.3) is 5.91 Å². The molecule has 0 saturated carbocycles. The topological polar surface area (TPSA) is 71.1 Å². The second-order valence-corrected chi connectivity index (χ2v) is 6.49. The summed E-state index contributed by atoms with van der Waals surface area (Å²) in [7, 11) is 0. The Bertz CT molecular complexity index is 873. The maximum absolute atomic E-state index is 12.0. The molecule has 0 aliphatic rings. The first kappa shape index (κ1) is 16.9. The fraction of sp³-hybridized carbons (Fsp3) is 0.105. The number of nitrogens with zero attached hydrogens (tertiary/aromatic N) is 1. The van der Waals surface area contributed by atoms with Crippen LogP contribution in [0.2, 0.25) is 0 Å². The van der Waals surface area contributed by atoms with E-state index in [1.54, 1.807) is 35.6 Å². The first-order valence-electron chi connectivity index (χ1n) is 7.77. The summed E-state index contributed by atoms with van der Waals surface area (Å²) >= 11 is 1.60. The number of benzene rings is 2. The molecule has 0 aliphatic carbocycles. The quantitative estimate of drug-likeness (QED) is 0.739. The van der Waals surface area contributed by atoms with Crippen molar-refractivity contribution >= 4 is 28.8 Å². The van der Waals surface area contributed by atoms with Crippen LogP contribution in [0.15, 0.2) is 60.0 Å². The fourth-order valence-electron chi connectivity index (χ4n) is 2.28. The molecule has 2 amide bonds. The van der Waals surface area contributed by atoms with Gasteiger partial charge in [0.1, 0.15) is 0 Å². The molecule has 0 aliphatic heterocycles. The van der Waals surface area contributed by atoms with Gasteiger partial charge in [0, 0.05) is 22.2 Å². The largest absolute Gasteiger partial charge is 0.343 e. The maximum Gasteiger partial charge on any atom is 0.251 e. The summed E-state index contributed by atoms with van der Waals surface area (Å²) in [6, 6.07) is 16.3. The minimum absolute atomic E-state index is 0.0826. The van der Waals surface area contributed by atoms with Crippen molar-refractivity contribution < 1.29 is 9.59 Å². The number of aryl methyl sites for hydroxylation is 1. The van der Waals surface area contributed by atoms with E-state index in [2.05, 4.69) is 15.6 Å². The molecule has 2 N–H and O–H groups in total. The predicted molar refractivity (Wildman–Crippen MR) is 99.7 cm³/mol. The Balaban J connectivity index is 1.53. The molecule has 1 aromatic heterocycles. The molecule has 0 atom stereocenters. The SMILES string of the molecule is Cc1nc(-c2ccc(NC(=O)CNC(=O)c3ccccc3)cc2)cs1. The standard InChI is InChI=1S/C19H17N3O2S/c1-13-21-17(12-25-13)14-7-9-16(10-8-14)22-18(23)11-20-19(24)15-5-3-2-4-6-15/h2-10,12H,11H2,1H3,(H,20,24)(H,22,23). The van der Waals surface area contributed by atoms with Crippen molar-refractivity contribution in [2.24, 2.45) is 0 Å². The van der Waals surface area contributed by atoms with Gasteiger partial charge in [-0.1, -0.05) is 30.3 Å². The van der Waals surface area contributed by atoms with E-state index in [1.165, 1.54) is 0 Å². The first-order valence-corrected chi connectivity index (χ1v) is 8.65. The molecule has 0 fully saturated rings. The van der Waals surface area contributed by atoms with Gasteiger partial charge in [-0.15, -0.1) is 11.3 Å². The van der Waals surface area contributed by atoms with E-state index in [4.69, 9.17) is 0 Å². The van der Waals surface area contributed by atoms with Crippen LogP contribution in [-0.4, -0.2) is 23.3 Å². The van der Waals surface area contributed by atoms with Crippen molar-refractivity contribution in [1.82, 2.24) is 10.3 Å². The number of aromatic nitrogens is 1. The molecule has 2 aromatic carbocycles. The minimum atomic E-state index is -0.276. The van der Waals surface area contributed by atoms with E-state index >= 15 is 0 Å². The Morgan fingerprint density at radius 3 is 2.40 bits per heavy atom. The predicted octanol–water partition coefficient (Wildman–Crippen LogP) is 3.49. The maximum atomic E-state index is 12.0. The normalized spacial score (nSPS) is 10.3. The number of carbonyl (C=O) groups is 2. The van der Waals surface area contributed by atoms with Gasteiger partial charge in [0.05, 0.1) is 17.2 Å². The Hall–Kier alpha value is -2.99. The third-order valence-electron chi connectivity index (χ3n) is 3.53. The van der Waals surface area contributed by atoms with Crippen LogP contribution in [0, 0.1) is 6.92 Å². The molecule has 3 rings (SSSR count). The lowest BCUT2D eigenvalue weighted by atomic mass is 10.1. The van der Waals surface area contributed by atoms with Crippen molar-refractivity contribution in [3.8, 4) is 11.3 Å². The Kier molecular flexibility index (Phi) is 5.20. The van der Waals surface area contributed by atoms with E-state index in [1.807, 2.05) is 42.6 Å². The lowest BCUT2D eigenvalue weighted by Crippen LogP contribution is -2.32. The lowest BCUT2D eigenvalue weighted by molar-refractivity contribution is -0.115. The fourth-order valence-corrected chi connectivity index (χ4v) is 2.90. The van der Waals surface area contributed by atoms with Gasteiger partial charge in [0.2, 0.25) is 5.91 Å². The van der Waals surface area contributed by atoms with Crippen LogP contribution in [0.25, 0.3) is 11.3 Å². The highest BCUT2D eigenvalue weighted by atomic mass is 32.1. The number of nitrogens with one attached hydrogen (secondary N) is 2. The van der Waals surface area contributed by atoms with Crippen LogP contribution >= 0.6 is 11.3 Å². The summed E-state index contributed by atoms with van der Waals surface area (Å²) in [5.41, 5.74) is 3.13. The summed E-state index contributed by atoms with van der Waals surface area (Å²) in [5.74, 6) is -0.550. The van der Waals surface area contributed by atoms with Crippen LogP contribution in [0.1, 0.15) is 15.4 Å². The average Bonchev–Trinajstić information content (AvgIpc) is 3.07. The molecule has 0 bridgehead atoms. The van der Waals surface area contributed by atoms with Gasteiger partial charge in [-0.3, -0.25) is 9.59 Å². The summed E-state index contributed by atoms with van der Waals surface area (Å²) < 4.78 is 0. The Morgan fingerprint density at radius 2 is 1.76 bits per heavy atom. The minimum Gasteiger partial charge on any atom is -0.343 e. The zero-order valence-electron chi connectivity index (χ0n) is 13.7. The second kappa shape index (κ2) is 7.72. The third-order valence-corrected chi connectivity index (χ3v) is 4.30. The summed E-state index contributed by atoms with van der Waals surface area (Å²) in [5, 5.41) is 8.38. The van der Waals surface area contributed by atoms with E-state index in [0.717, 1.165) is 16.3 Å². The highest BCUT2D eigenvalue weighted by Gasteiger charge is 2.08. The molecule has 1 heterocycles. The highest BCUT2D eigenvalue weighted by Crippen LogP contribution is 2.22. The van der Waals surface area contributed by atoms with Gasteiger partial charge in [0.15, 0.2) is 0 Å². The molecule has 5 nitrogen and oxygen atoms in total. The van der Waals surface area contributed by atoms with Crippen molar-refractivity contribution in [3.63, 3.8) is 0 Å². The Labute approximate surface area is 149 Å². The van der Waals surface area contributed by atoms with Gasteiger partial charge in [-0.2, -0.15) is 0 Å². The number of thiazole rings is 1. The van der Waals surface area contributed by atoms with E-state index in [0.29, 0.717) is 11.3 Å². The second-order valence-electron chi connectivity index (χ2n) is 5.43. The van der Waals surface area contributed by atoms with Crippen LogP contribution in [0.5, 0.6) is 0 Å². The van der Waals surface area contributed by atoms with Crippen molar-refractivity contribution in [3.05, 3.63) is 70.5 Å². The summed E-state index contributed by atoms with van der Waals surface area (Å²) in [6.45, 7) is 1.88. The van der Waals surface area contributed by atoms with E-state index < -0.39 is 0 Å². The van der Waals surface area contributed by atoms with Crippen molar-refractivity contribution in [2.75, 3.05) is 11.9 Å². The van der Waals surface area contributed by atoms with Gasteiger partial charge in [-0.05, 0) is 31.2 Å². The van der Waals surface area contributed by atoms with Crippen molar-refractivity contribution in [2.45, 2.75) is 6.92 Å². The zero-order chi connectivity index (χ0) is 17.6. The van der Waals surface area contributed by atoms with Crippen LogP contribution in [0.3, 0.4) is 0 Å². The summed E-state index contributed by atoms with van der Waals surface area (Å²) in [4.78, 5) is 28.3. The molecular formula is C19H17N3O2S. The number of carbonyl (C=O) groups excluding carboxylic acids is 2. The molecule has 25 heavy (non-hydrogen) atoms. The smallest absolute Gasteiger partial charge is 0.251 e. The van der Waals surface area contributed by atoms with E-state index in [-0.39, 0.29) is 18.4 Å². The van der Waals surface area contributed by atoms with Crippen LogP contribution < -0.4 is 10.6 Å². The number of hydrogen-bond donors (Lipinski definition) is 2. The Morgan fingerprint density at radius 1 is 1.04 bits per heavy atom. The first-order chi connectivity index (χ1) is 12.1. The number of hydrogen-bond acceptors (Lipinski definition) is 4. The average molecular weight is 351 g/mol. The number of anilines is 1. The number of rotatable bonds is 5. The van der Waals surface area contributed by atoms with Gasteiger partial charge < -0.3 is 10.6 Å². The van der Waals surface area contributed by atoms with Gasteiger partial charge >= 0.3 is 0 Å². The molecule has 3 aromatic rings. The molecule has 0 radical (unpaired) electrons.